The zero-order valence-corrected chi connectivity index (χ0v) is 15.6. The minimum Gasteiger partial charge on any atom is -0.368 e. The summed E-state index contributed by atoms with van der Waals surface area (Å²) in [7, 11) is -3.50. The molecule has 2 aliphatic rings. The average molecular weight is 384 g/mol. The van der Waals surface area contributed by atoms with E-state index >= 15 is 0 Å². The highest BCUT2D eigenvalue weighted by Crippen LogP contribution is 2.31. The van der Waals surface area contributed by atoms with Crippen LogP contribution in [-0.2, 0) is 16.4 Å². The van der Waals surface area contributed by atoms with E-state index in [1.165, 1.54) is 0 Å². The molecule has 1 saturated heterocycles. The number of sulfonamides is 1. The molecule has 2 aromatic heterocycles. The van der Waals surface area contributed by atoms with Crippen molar-refractivity contribution in [3.05, 3.63) is 48.0 Å². The van der Waals surface area contributed by atoms with Crippen molar-refractivity contribution < 1.29 is 8.42 Å². The molecule has 0 aliphatic carbocycles. The largest absolute Gasteiger partial charge is 0.368 e. The molecule has 0 bridgehead atoms. The molecule has 1 N–H and O–H groups in total. The highest BCUT2D eigenvalue weighted by molar-refractivity contribution is 7.89. The van der Waals surface area contributed by atoms with Crippen molar-refractivity contribution in [2.75, 3.05) is 25.0 Å². The molecule has 9 heteroatoms. The molecule has 1 aromatic carbocycles. The van der Waals surface area contributed by atoms with Gasteiger partial charge in [-0.2, -0.15) is 4.31 Å². The van der Waals surface area contributed by atoms with Gasteiger partial charge in [-0.1, -0.05) is 18.2 Å². The van der Waals surface area contributed by atoms with Crippen molar-refractivity contribution in [2.45, 2.75) is 30.1 Å². The van der Waals surface area contributed by atoms with Crippen LogP contribution in [0.3, 0.4) is 0 Å². The third-order valence-corrected chi connectivity index (χ3v) is 7.23. The molecule has 3 aromatic rings. The molecule has 8 nitrogen and oxygen atoms in total. The number of aromatic nitrogens is 4. The molecular formula is C18H20N6O2S. The predicted molar refractivity (Wildman–Crippen MR) is 100 cm³/mol. The van der Waals surface area contributed by atoms with Gasteiger partial charge in [-0.05, 0) is 25.0 Å². The van der Waals surface area contributed by atoms with Crippen LogP contribution in [0.5, 0.6) is 0 Å². The number of fused-ring (bicyclic) bond motifs is 3. The second kappa shape index (κ2) is 6.28. The molecule has 27 heavy (non-hydrogen) atoms. The van der Waals surface area contributed by atoms with Crippen molar-refractivity contribution >= 4 is 21.5 Å². The first kappa shape index (κ1) is 16.6. The lowest BCUT2D eigenvalue weighted by Crippen LogP contribution is -2.39. The number of benzene rings is 1. The molecule has 0 amide bonds. The van der Waals surface area contributed by atoms with Crippen LogP contribution >= 0.6 is 0 Å². The van der Waals surface area contributed by atoms with Gasteiger partial charge in [0, 0.05) is 32.0 Å². The molecule has 4 heterocycles. The molecule has 5 rings (SSSR count). The number of nitrogens with zero attached hydrogens (tertiary/aromatic N) is 5. The first-order chi connectivity index (χ1) is 13.1. The van der Waals surface area contributed by atoms with Crippen LogP contribution in [0.4, 0.5) is 5.82 Å². The Balaban J connectivity index is 1.51. The summed E-state index contributed by atoms with van der Waals surface area (Å²) in [6.45, 7) is 1.80. The zero-order chi connectivity index (χ0) is 18.4. The third kappa shape index (κ3) is 2.69. The lowest BCUT2D eigenvalue weighted by Gasteiger charge is -2.31. The quantitative estimate of drug-likeness (QED) is 0.738. The molecule has 1 atom stereocenters. The van der Waals surface area contributed by atoms with Gasteiger partial charge in [-0.3, -0.25) is 4.40 Å². The first-order valence-electron chi connectivity index (χ1n) is 9.16. The molecule has 0 unspecified atom stereocenters. The second-order valence-corrected chi connectivity index (χ2v) is 8.94. The Hall–Kier alpha value is -2.52. The fraction of sp³-hybridized carbons (Fsp3) is 0.389. The summed E-state index contributed by atoms with van der Waals surface area (Å²) >= 11 is 0. The normalized spacial score (nSPS) is 20.5. The summed E-state index contributed by atoms with van der Waals surface area (Å²) in [6, 6.07) is 8.63. The summed E-state index contributed by atoms with van der Waals surface area (Å²) in [4.78, 5) is 4.74. The fourth-order valence-corrected chi connectivity index (χ4v) is 5.57. The molecule has 1 fully saturated rings. The number of hydrogen-bond donors (Lipinski definition) is 1. The molecular weight excluding hydrogens is 364 g/mol. The maximum atomic E-state index is 13.0. The summed E-state index contributed by atoms with van der Waals surface area (Å²) in [5.74, 6) is 1.72. The molecule has 2 aliphatic heterocycles. The van der Waals surface area contributed by atoms with Crippen LogP contribution in [0.1, 0.15) is 30.3 Å². The fourth-order valence-electron chi connectivity index (χ4n) is 4.03. The Morgan fingerprint density at radius 2 is 2.00 bits per heavy atom. The summed E-state index contributed by atoms with van der Waals surface area (Å²) < 4.78 is 29.7. The second-order valence-electron chi connectivity index (χ2n) is 7.00. The van der Waals surface area contributed by atoms with Crippen molar-refractivity contribution in [1.82, 2.24) is 23.9 Å². The van der Waals surface area contributed by atoms with Gasteiger partial charge < -0.3 is 5.32 Å². The van der Waals surface area contributed by atoms with E-state index in [0.29, 0.717) is 18.0 Å². The number of nitrogens with one attached hydrogen (secondary N) is 1. The van der Waals surface area contributed by atoms with Gasteiger partial charge in [0.2, 0.25) is 10.0 Å². The molecule has 0 radical (unpaired) electrons. The van der Waals surface area contributed by atoms with Crippen LogP contribution in [0.15, 0.2) is 41.4 Å². The summed E-state index contributed by atoms with van der Waals surface area (Å²) in [6.07, 6.45) is 4.28. The van der Waals surface area contributed by atoms with E-state index in [1.54, 1.807) is 34.8 Å². The Bertz CT molecular complexity index is 1100. The highest BCUT2D eigenvalue weighted by Gasteiger charge is 2.33. The van der Waals surface area contributed by atoms with Crippen LogP contribution < -0.4 is 5.32 Å². The van der Waals surface area contributed by atoms with E-state index in [-0.39, 0.29) is 5.92 Å². The van der Waals surface area contributed by atoms with Gasteiger partial charge in [0.05, 0.1) is 16.8 Å². The van der Waals surface area contributed by atoms with E-state index in [2.05, 4.69) is 24.9 Å². The Morgan fingerprint density at radius 3 is 2.85 bits per heavy atom. The van der Waals surface area contributed by atoms with Crippen molar-refractivity contribution in [3.63, 3.8) is 0 Å². The molecule has 0 saturated carbocycles. The van der Waals surface area contributed by atoms with Gasteiger partial charge in [0.25, 0.3) is 0 Å². The zero-order valence-electron chi connectivity index (χ0n) is 14.7. The topological polar surface area (TPSA) is 92.5 Å². The van der Waals surface area contributed by atoms with Gasteiger partial charge in [0.15, 0.2) is 5.65 Å². The van der Waals surface area contributed by atoms with Crippen LogP contribution in [0, 0.1) is 0 Å². The van der Waals surface area contributed by atoms with E-state index in [9.17, 15) is 8.42 Å². The van der Waals surface area contributed by atoms with E-state index in [0.717, 1.165) is 48.8 Å². The Kier molecular flexibility index (Phi) is 3.87. The minimum atomic E-state index is -3.50. The van der Waals surface area contributed by atoms with Gasteiger partial charge in [-0.25, -0.2) is 13.4 Å². The van der Waals surface area contributed by atoms with Gasteiger partial charge in [0.1, 0.15) is 11.6 Å². The number of rotatable bonds is 3. The average Bonchev–Trinajstić information content (AvgIpc) is 3.35. The standard InChI is InChI=1S/C18H20N6O2S/c25-27(26,14-6-2-1-3-7-14)23-10-4-5-13(12-23)18-22-21-16-11-20-17-15(24(16)18)8-9-19-17/h1-3,6-7,11,13,19H,4-5,8-10,12H2/t13-/m0/s1. The van der Waals surface area contributed by atoms with Crippen molar-refractivity contribution in [2.24, 2.45) is 0 Å². The van der Waals surface area contributed by atoms with Crippen LogP contribution in [0.25, 0.3) is 5.65 Å². The summed E-state index contributed by atoms with van der Waals surface area (Å²) in [5, 5.41) is 12.0. The van der Waals surface area contributed by atoms with E-state index < -0.39 is 10.0 Å². The van der Waals surface area contributed by atoms with Gasteiger partial charge in [-0.15, -0.1) is 10.2 Å². The van der Waals surface area contributed by atoms with Gasteiger partial charge >= 0.3 is 0 Å². The van der Waals surface area contributed by atoms with Crippen molar-refractivity contribution in [3.8, 4) is 0 Å². The maximum absolute atomic E-state index is 13.0. The van der Waals surface area contributed by atoms with Crippen LogP contribution in [0.2, 0.25) is 0 Å². The first-order valence-corrected chi connectivity index (χ1v) is 10.6. The molecule has 0 spiro atoms. The smallest absolute Gasteiger partial charge is 0.243 e. The predicted octanol–water partition coefficient (Wildman–Crippen LogP) is 1.66. The van der Waals surface area contributed by atoms with Crippen LogP contribution in [-0.4, -0.2) is 51.9 Å². The Labute approximate surface area is 157 Å². The SMILES string of the molecule is O=S(=O)(c1ccccc1)N1CCC[C@H](c2nnc3cnc4c(n23)CCN4)C1. The highest BCUT2D eigenvalue weighted by atomic mass is 32.2. The number of anilines is 1. The van der Waals surface area contributed by atoms with Crippen molar-refractivity contribution in [1.29, 1.82) is 0 Å². The lowest BCUT2D eigenvalue weighted by atomic mass is 9.99. The Morgan fingerprint density at radius 1 is 1.15 bits per heavy atom. The number of hydrogen-bond acceptors (Lipinski definition) is 6. The number of piperidine rings is 1. The van der Waals surface area contributed by atoms with E-state index in [1.807, 2.05) is 6.07 Å². The maximum Gasteiger partial charge on any atom is 0.243 e. The minimum absolute atomic E-state index is 0.0133. The lowest BCUT2D eigenvalue weighted by molar-refractivity contribution is 0.308. The van der Waals surface area contributed by atoms with E-state index in [4.69, 9.17) is 0 Å². The third-order valence-electron chi connectivity index (χ3n) is 5.35. The monoisotopic (exact) mass is 384 g/mol. The molecule has 140 valence electrons. The summed E-state index contributed by atoms with van der Waals surface area (Å²) in [5.41, 5.74) is 1.80.